The molecule has 3 aromatic rings. The fourth-order valence-electron chi connectivity index (χ4n) is 2.24. The zero-order chi connectivity index (χ0) is 13.4. The van der Waals surface area contributed by atoms with Gasteiger partial charge in [0.2, 0.25) is 0 Å². The minimum Gasteiger partial charge on any atom is -0.461 e. The van der Waals surface area contributed by atoms with Crippen LogP contribution in [0, 0.1) is 6.92 Å². The van der Waals surface area contributed by atoms with Crippen molar-refractivity contribution < 1.29 is 9.21 Å². The Bertz CT molecular complexity index is 742. The van der Waals surface area contributed by atoms with Crippen LogP contribution in [0.15, 0.2) is 29.0 Å². The lowest BCUT2D eigenvalue weighted by atomic mass is 10.2. The maximum absolute atomic E-state index is 11.1. The van der Waals surface area contributed by atoms with Gasteiger partial charge in [-0.25, -0.2) is 9.97 Å². The zero-order valence-electron chi connectivity index (χ0n) is 10.8. The van der Waals surface area contributed by atoms with Crippen molar-refractivity contribution in [3.05, 3.63) is 35.9 Å². The summed E-state index contributed by atoms with van der Waals surface area (Å²) in [7, 11) is 0. The number of nitrogens with zero attached hydrogens (tertiary/aromatic N) is 3. The highest BCUT2D eigenvalue weighted by Gasteiger charge is 2.15. The molecule has 0 N–H and O–H groups in total. The maximum atomic E-state index is 11.1. The monoisotopic (exact) mass is 255 g/mol. The lowest BCUT2D eigenvalue weighted by molar-refractivity contribution is 0.112. The summed E-state index contributed by atoms with van der Waals surface area (Å²) in [5, 5.41) is 0.812. The second-order valence-corrected chi connectivity index (χ2v) is 4.30. The molecule has 19 heavy (non-hydrogen) atoms. The van der Waals surface area contributed by atoms with Gasteiger partial charge in [0.05, 0.1) is 17.3 Å². The van der Waals surface area contributed by atoms with Crippen molar-refractivity contribution in [3.8, 4) is 11.6 Å². The maximum Gasteiger partial charge on any atom is 0.197 e. The number of hydrogen-bond donors (Lipinski definition) is 0. The predicted octanol–water partition coefficient (Wildman–Crippen LogP) is 2.83. The van der Waals surface area contributed by atoms with Crippen LogP contribution in [-0.4, -0.2) is 20.8 Å². The van der Waals surface area contributed by atoms with Crippen LogP contribution in [0.1, 0.15) is 23.0 Å². The molecule has 0 atom stereocenters. The third kappa shape index (κ3) is 1.74. The molecule has 0 bridgehead atoms. The van der Waals surface area contributed by atoms with Crippen molar-refractivity contribution in [2.75, 3.05) is 0 Å². The van der Waals surface area contributed by atoms with Crippen molar-refractivity contribution in [2.45, 2.75) is 20.4 Å². The number of furan rings is 1. The van der Waals surface area contributed by atoms with Gasteiger partial charge in [-0.2, -0.15) is 0 Å². The molecule has 0 fully saturated rings. The molecule has 3 rings (SSSR count). The molecule has 0 amide bonds. The van der Waals surface area contributed by atoms with E-state index < -0.39 is 0 Å². The van der Waals surface area contributed by atoms with Gasteiger partial charge in [-0.3, -0.25) is 4.79 Å². The molecule has 0 spiro atoms. The van der Waals surface area contributed by atoms with Crippen LogP contribution in [0.4, 0.5) is 0 Å². The highest BCUT2D eigenvalue weighted by molar-refractivity contribution is 5.97. The minimum atomic E-state index is 0.542. The molecule has 3 aromatic heterocycles. The molecule has 0 saturated carbocycles. The van der Waals surface area contributed by atoms with Gasteiger partial charge in [-0.15, -0.1) is 0 Å². The first-order valence-electron chi connectivity index (χ1n) is 6.11. The topological polar surface area (TPSA) is 60.9 Å². The first kappa shape index (κ1) is 11.6. The molecule has 0 aliphatic carbocycles. The highest BCUT2D eigenvalue weighted by Crippen LogP contribution is 2.25. The van der Waals surface area contributed by atoms with Crippen LogP contribution in [-0.2, 0) is 6.54 Å². The molecule has 0 saturated heterocycles. The van der Waals surface area contributed by atoms with E-state index in [9.17, 15) is 4.79 Å². The van der Waals surface area contributed by atoms with Gasteiger partial charge in [0.25, 0.3) is 0 Å². The number of hydrogen-bond acceptors (Lipinski definition) is 4. The summed E-state index contributed by atoms with van der Waals surface area (Å²) < 4.78 is 7.27. The minimum absolute atomic E-state index is 0.542. The number of carbonyl (C=O) groups excluding carboxylic acids is 1. The molecule has 0 aromatic carbocycles. The molecule has 0 aliphatic heterocycles. The molecule has 3 heterocycles. The lowest BCUT2D eigenvalue weighted by Crippen LogP contribution is -1.98. The summed E-state index contributed by atoms with van der Waals surface area (Å²) in [6.45, 7) is 4.64. The molecule has 5 heteroatoms. The summed E-state index contributed by atoms with van der Waals surface area (Å²) in [6.07, 6.45) is 4.25. The second kappa shape index (κ2) is 4.35. The Morgan fingerprint density at radius 1 is 1.42 bits per heavy atom. The van der Waals surface area contributed by atoms with E-state index in [1.807, 2.05) is 30.7 Å². The normalized spacial score (nSPS) is 11.1. The number of aromatic nitrogens is 3. The van der Waals surface area contributed by atoms with Gasteiger partial charge in [0, 0.05) is 18.3 Å². The average molecular weight is 255 g/mol. The summed E-state index contributed by atoms with van der Waals surface area (Å²) in [5.74, 6) is 1.17. The number of rotatable bonds is 3. The van der Waals surface area contributed by atoms with Gasteiger partial charge in [0.15, 0.2) is 17.9 Å². The fraction of sp³-hybridized carbons (Fsp3) is 0.214. The van der Waals surface area contributed by atoms with E-state index in [-0.39, 0.29) is 0 Å². The Morgan fingerprint density at radius 2 is 2.26 bits per heavy atom. The summed E-state index contributed by atoms with van der Waals surface area (Å²) in [6, 6.07) is 3.62. The second-order valence-electron chi connectivity index (χ2n) is 4.30. The molecule has 0 aliphatic rings. The molecule has 0 unspecified atom stereocenters. The number of carbonyl (C=O) groups is 1. The van der Waals surface area contributed by atoms with E-state index in [1.165, 1.54) is 0 Å². The van der Waals surface area contributed by atoms with Crippen LogP contribution >= 0.6 is 0 Å². The first-order chi connectivity index (χ1) is 9.24. The summed E-state index contributed by atoms with van der Waals surface area (Å²) in [5.41, 5.74) is 2.18. The Hall–Kier alpha value is -2.43. The molecule has 96 valence electrons. The van der Waals surface area contributed by atoms with Crippen LogP contribution in [0.25, 0.3) is 22.6 Å². The van der Waals surface area contributed by atoms with E-state index >= 15 is 0 Å². The third-order valence-corrected chi connectivity index (χ3v) is 3.14. The SMILES string of the molecule is CCn1cc(C=O)c2c(C)nc(-c3ccco3)nc21. The van der Waals surface area contributed by atoms with Gasteiger partial charge in [-0.1, -0.05) is 0 Å². The van der Waals surface area contributed by atoms with Crippen LogP contribution in [0.5, 0.6) is 0 Å². The summed E-state index contributed by atoms with van der Waals surface area (Å²) >= 11 is 0. The average Bonchev–Trinajstić information content (AvgIpc) is 3.05. The highest BCUT2D eigenvalue weighted by atomic mass is 16.3. The third-order valence-electron chi connectivity index (χ3n) is 3.14. The van der Waals surface area contributed by atoms with Crippen molar-refractivity contribution in [1.29, 1.82) is 0 Å². The van der Waals surface area contributed by atoms with E-state index in [0.29, 0.717) is 17.1 Å². The van der Waals surface area contributed by atoms with E-state index in [4.69, 9.17) is 4.42 Å². The standard InChI is InChI=1S/C14H13N3O2/c1-3-17-7-10(8-18)12-9(2)15-13(16-14(12)17)11-5-4-6-19-11/h4-8H,3H2,1-2H3. The van der Waals surface area contributed by atoms with Crippen LogP contribution < -0.4 is 0 Å². The van der Waals surface area contributed by atoms with Crippen molar-refractivity contribution >= 4 is 17.3 Å². The molecular weight excluding hydrogens is 242 g/mol. The quantitative estimate of drug-likeness (QED) is 0.675. The molecule has 0 radical (unpaired) electrons. The van der Waals surface area contributed by atoms with Crippen LogP contribution in [0.3, 0.4) is 0 Å². The van der Waals surface area contributed by atoms with Crippen molar-refractivity contribution in [3.63, 3.8) is 0 Å². The molecule has 5 nitrogen and oxygen atoms in total. The Balaban J connectivity index is 2.33. The number of aldehydes is 1. The zero-order valence-corrected chi connectivity index (χ0v) is 10.8. The number of fused-ring (bicyclic) bond motifs is 1. The van der Waals surface area contributed by atoms with E-state index in [1.54, 1.807) is 12.3 Å². The van der Waals surface area contributed by atoms with E-state index in [2.05, 4.69) is 9.97 Å². The predicted molar refractivity (Wildman–Crippen MR) is 71.0 cm³/mol. The summed E-state index contributed by atoms with van der Waals surface area (Å²) in [4.78, 5) is 20.1. The van der Waals surface area contributed by atoms with E-state index in [0.717, 1.165) is 29.6 Å². The Morgan fingerprint density at radius 3 is 2.89 bits per heavy atom. The molecular formula is C14H13N3O2. The first-order valence-corrected chi connectivity index (χ1v) is 6.11. The van der Waals surface area contributed by atoms with Gasteiger partial charge in [0.1, 0.15) is 5.65 Å². The van der Waals surface area contributed by atoms with Crippen LogP contribution in [0.2, 0.25) is 0 Å². The number of aryl methyl sites for hydroxylation is 2. The Kier molecular flexibility index (Phi) is 2.67. The smallest absolute Gasteiger partial charge is 0.197 e. The largest absolute Gasteiger partial charge is 0.461 e. The Labute approximate surface area is 109 Å². The van der Waals surface area contributed by atoms with Crippen molar-refractivity contribution in [1.82, 2.24) is 14.5 Å². The fourth-order valence-corrected chi connectivity index (χ4v) is 2.24. The lowest BCUT2D eigenvalue weighted by Gasteiger charge is -2.03. The van der Waals surface area contributed by atoms with Gasteiger partial charge in [-0.05, 0) is 26.0 Å². The van der Waals surface area contributed by atoms with Gasteiger partial charge >= 0.3 is 0 Å². The van der Waals surface area contributed by atoms with Crippen molar-refractivity contribution in [2.24, 2.45) is 0 Å². The van der Waals surface area contributed by atoms with Gasteiger partial charge < -0.3 is 8.98 Å².